The number of hydrogen-bond donors (Lipinski definition) is 1. The first-order valence-corrected chi connectivity index (χ1v) is 23.7. The molecule has 6 rings (SSSR count). The minimum absolute atomic E-state index is 0.00280. The fourth-order valence-electron chi connectivity index (χ4n) is 9.41. The molecule has 2 aliphatic carbocycles. The van der Waals surface area contributed by atoms with Gasteiger partial charge in [-0.1, -0.05) is 38.5 Å². The van der Waals surface area contributed by atoms with Gasteiger partial charge in [-0.25, -0.2) is 0 Å². The molecular formula is C50H74N4O11. The standard InChI is InChI=1S/C25H38N2O5.C24H36N2O4.CO2/c1-18(2)27(20-10-6-5-7-11-20)23(29)19-12-13-22-21(16-19)26(14-8-9-15-31-4)24(30)25(3,17-28)32-22;1-17(2)26(20-10-6-5-7-11-20)24(28)19-12-13-22-21(16-19)25(14-8-9-15-29-4)23(27)18(3)30-22;2-1-3/h12-13,16,18,20,28H,5-11,14-15,17H2,1-4H3;12-13,16-18,20H,5-11,14-15H2,1-4H3;. The Hall–Kier alpha value is -4.82. The van der Waals surface area contributed by atoms with Gasteiger partial charge in [-0.15, -0.1) is 0 Å². The van der Waals surface area contributed by atoms with Gasteiger partial charge in [-0.3, -0.25) is 19.2 Å². The van der Waals surface area contributed by atoms with E-state index in [0.29, 0.717) is 66.3 Å². The van der Waals surface area contributed by atoms with Gasteiger partial charge in [0.15, 0.2) is 6.10 Å². The smallest absolute Gasteiger partial charge is 0.373 e. The number of methoxy groups -OCH3 is 2. The lowest BCUT2D eigenvalue weighted by atomic mass is 9.92. The Morgan fingerprint density at radius 3 is 1.60 bits per heavy atom. The Balaban J connectivity index is 0.000000269. The summed E-state index contributed by atoms with van der Waals surface area (Å²) in [6.07, 6.45) is 14.4. The van der Waals surface area contributed by atoms with Gasteiger partial charge in [0.05, 0.1) is 18.0 Å². The zero-order chi connectivity index (χ0) is 47.7. The van der Waals surface area contributed by atoms with Gasteiger partial charge < -0.3 is 43.7 Å². The quantitative estimate of drug-likeness (QED) is 0.155. The maximum absolute atomic E-state index is 13.6. The summed E-state index contributed by atoms with van der Waals surface area (Å²) >= 11 is 0. The lowest BCUT2D eigenvalue weighted by molar-refractivity contribution is -0.191. The van der Waals surface area contributed by atoms with Crippen LogP contribution in [0.15, 0.2) is 36.4 Å². The van der Waals surface area contributed by atoms with E-state index in [1.807, 2.05) is 28.0 Å². The third-order valence-electron chi connectivity index (χ3n) is 12.7. The molecule has 2 aromatic carbocycles. The summed E-state index contributed by atoms with van der Waals surface area (Å²) < 4.78 is 22.0. The monoisotopic (exact) mass is 907 g/mol. The van der Waals surface area contributed by atoms with Gasteiger partial charge in [-0.05, 0) is 129 Å². The average Bonchev–Trinajstić information content (AvgIpc) is 3.29. The molecule has 2 atom stereocenters. The van der Waals surface area contributed by atoms with Crippen molar-refractivity contribution in [2.75, 3.05) is 56.9 Å². The number of aliphatic hydroxyl groups excluding tert-OH is 1. The van der Waals surface area contributed by atoms with E-state index in [9.17, 15) is 24.3 Å². The minimum Gasteiger partial charge on any atom is -0.479 e. The Morgan fingerprint density at radius 2 is 1.17 bits per heavy atom. The van der Waals surface area contributed by atoms with Crippen LogP contribution >= 0.6 is 0 Å². The first-order chi connectivity index (χ1) is 31.2. The molecule has 2 aromatic rings. The molecule has 2 fully saturated rings. The highest BCUT2D eigenvalue weighted by Gasteiger charge is 2.45. The summed E-state index contributed by atoms with van der Waals surface area (Å²) in [5.74, 6) is 0.875. The summed E-state index contributed by atoms with van der Waals surface area (Å²) in [5.41, 5.74) is 1.16. The van der Waals surface area contributed by atoms with Crippen LogP contribution in [0.4, 0.5) is 11.4 Å². The molecule has 2 aliphatic heterocycles. The van der Waals surface area contributed by atoms with Crippen molar-refractivity contribution < 1.29 is 52.8 Å². The lowest BCUT2D eigenvalue weighted by Crippen LogP contribution is -2.56. The summed E-state index contributed by atoms with van der Waals surface area (Å²) in [6.45, 7) is 13.6. The molecule has 65 heavy (non-hydrogen) atoms. The van der Waals surface area contributed by atoms with Crippen LogP contribution in [0.25, 0.3) is 0 Å². The summed E-state index contributed by atoms with van der Waals surface area (Å²) in [7, 11) is 3.34. The first kappa shape index (κ1) is 52.8. The number of benzene rings is 2. The molecule has 2 saturated carbocycles. The molecule has 2 unspecified atom stereocenters. The molecule has 0 aromatic heterocycles. The van der Waals surface area contributed by atoms with E-state index in [-0.39, 0.29) is 47.9 Å². The number of unbranched alkanes of at least 4 members (excludes halogenated alkanes) is 2. The first-order valence-electron chi connectivity index (χ1n) is 23.7. The normalized spacial score (nSPS) is 19.7. The van der Waals surface area contributed by atoms with Crippen molar-refractivity contribution in [2.45, 2.75) is 167 Å². The van der Waals surface area contributed by atoms with Gasteiger partial charge in [0.1, 0.15) is 11.5 Å². The third-order valence-corrected chi connectivity index (χ3v) is 12.7. The van der Waals surface area contributed by atoms with E-state index in [4.69, 9.17) is 28.5 Å². The summed E-state index contributed by atoms with van der Waals surface area (Å²) in [5, 5.41) is 9.84. The zero-order valence-electron chi connectivity index (χ0n) is 40.1. The number of nitrogens with zero attached hydrogens (tertiary/aromatic N) is 4. The fourth-order valence-corrected chi connectivity index (χ4v) is 9.41. The highest BCUT2D eigenvalue weighted by Crippen LogP contribution is 2.40. The van der Waals surface area contributed by atoms with Crippen LogP contribution in [0.3, 0.4) is 0 Å². The van der Waals surface area contributed by atoms with E-state index in [1.54, 1.807) is 56.1 Å². The molecular weight excluding hydrogens is 833 g/mol. The van der Waals surface area contributed by atoms with E-state index in [0.717, 1.165) is 64.2 Å². The van der Waals surface area contributed by atoms with E-state index in [1.165, 1.54) is 25.7 Å². The second-order valence-electron chi connectivity index (χ2n) is 18.2. The number of anilines is 2. The second kappa shape index (κ2) is 25.8. The zero-order valence-corrected chi connectivity index (χ0v) is 40.1. The number of ether oxygens (including phenoxy) is 4. The number of carbonyl (C=O) groups is 4. The number of hydrogen-bond acceptors (Lipinski definition) is 11. The molecule has 4 aliphatic rings. The molecule has 1 N–H and O–H groups in total. The van der Waals surface area contributed by atoms with Gasteiger partial charge >= 0.3 is 6.15 Å². The Morgan fingerprint density at radius 1 is 0.738 bits per heavy atom. The number of carbonyl (C=O) groups excluding carboxylic acids is 6. The fraction of sp³-hybridized carbons (Fsp3) is 0.660. The van der Waals surface area contributed by atoms with Crippen LogP contribution in [0.1, 0.15) is 152 Å². The van der Waals surface area contributed by atoms with Crippen LogP contribution in [0, 0.1) is 0 Å². The van der Waals surface area contributed by atoms with Crippen molar-refractivity contribution in [1.82, 2.24) is 9.80 Å². The van der Waals surface area contributed by atoms with Crippen molar-refractivity contribution in [2.24, 2.45) is 0 Å². The predicted molar refractivity (Wildman–Crippen MR) is 247 cm³/mol. The third kappa shape index (κ3) is 13.6. The highest BCUT2D eigenvalue weighted by molar-refractivity contribution is 6.05. The maximum Gasteiger partial charge on any atom is 0.373 e. The lowest BCUT2D eigenvalue weighted by Gasteiger charge is -2.40. The van der Waals surface area contributed by atoms with Crippen LogP contribution in [-0.2, 0) is 28.7 Å². The molecule has 0 spiro atoms. The molecule has 15 nitrogen and oxygen atoms in total. The SMILES string of the molecule is COCCCCN1C(=O)C(C)(CO)Oc2ccc(C(=O)N(C(C)C)C3CCCCC3)cc21.COCCCCN1C(=O)C(C)Oc2ccc(C(=O)N(C(C)C)C3CCCCC3)cc21.O=C=O. The minimum atomic E-state index is -1.33. The largest absolute Gasteiger partial charge is 0.479 e. The van der Waals surface area contributed by atoms with Crippen molar-refractivity contribution in [1.29, 1.82) is 0 Å². The van der Waals surface area contributed by atoms with Crippen LogP contribution < -0.4 is 19.3 Å². The Kier molecular flexibility index (Phi) is 20.9. The van der Waals surface area contributed by atoms with Gasteiger partial charge in [-0.2, -0.15) is 9.59 Å². The molecule has 0 saturated heterocycles. The highest BCUT2D eigenvalue weighted by atomic mass is 16.5. The van der Waals surface area contributed by atoms with Crippen LogP contribution in [-0.4, -0.2) is 128 Å². The molecule has 4 amide bonds. The van der Waals surface area contributed by atoms with Gasteiger partial charge in [0.25, 0.3) is 23.6 Å². The number of aliphatic hydroxyl groups is 1. The average molecular weight is 907 g/mol. The van der Waals surface area contributed by atoms with Gasteiger partial charge in [0.2, 0.25) is 5.60 Å². The second-order valence-corrected chi connectivity index (χ2v) is 18.2. The molecule has 0 radical (unpaired) electrons. The number of fused-ring (bicyclic) bond motifs is 2. The van der Waals surface area contributed by atoms with Crippen molar-refractivity contribution in [3.05, 3.63) is 47.5 Å². The maximum atomic E-state index is 13.6. The van der Waals surface area contributed by atoms with Crippen LogP contribution in [0.2, 0.25) is 0 Å². The van der Waals surface area contributed by atoms with Crippen molar-refractivity contribution in [3.8, 4) is 11.5 Å². The Labute approximate surface area is 386 Å². The Bertz CT molecular complexity index is 1900. The topological polar surface area (TPSA) is 173 Å². The summed E-state index contributed by atoms with van der Waals surface area (Å²) in [4.78, 5) is 76.8. The van der Waals surface area contributed by atoms with E-state index in [2.05, 4.69) is 27.7 Å². The predicted octanol–water partition coefficient (Wildman–Crippen LogP) is 7.60. The van der Waals surface area contributed by atoms with E-state index >= 15 is 0 Å². The van der Waals surface area contributed by atoms with Crippen molar-refractivity contribution >= 4 is 41.2 Å². The van der Waals surface area contributed by atoms with Crippen LogP contribution in [0.5, 0.6) is 11.5 Å². The number of amides is 4. The van der Waals surface area contributed by atoms with Gasteiger partial charge in [0, 0.05) is 75.8 Å². The molecule has 15 heteroatoms. The van der Waals surface area contributed by atoms with Crippen molar-refractivity contribution in [3.63, 3.8) is 0 Å². The molecule has 360 valence electrons. The number of rotatable bonds is 17. The molecule has 2 heterocycles. The molecule has 0 bridgehead atoms. The van der Waals surface area contributed by atoms with E-state index < -0.39 is 18.3 Å². The summed E-state index contributed by atoms with van der Waals surface area (Å²) in [6, 6.07) is 11.6.